The molecule has 1 aromatic rings. The normalized spacial score (nSPS) is 33.2. The van der Waals surface area contributed by atoms with Crippen LogP contribution in [0.25, 0.3) is 0 Å². The molecule has 2 fully saturated rings. The van der Waals surface area contributed by atoms with Crippen LogP contribution in [-0.2, 0) is 4.74 Å². The van der Waals surface area contributed by atoms with Crippen LogP contribution in [-0.4, -0.2) is 12.1 Å². The van der Waals surface area contributed by atoms with Gasteiger partial charge in [-0.1, -0.05) is 26.8 Å². The van der Waals surface area contributed by atoms with Crippen LogP contribution >= 0.6 is 0 Å². The summed E-state index contributed by atoms with van der Waals surface area (Å²) in [7, 11) is 0. The van der Waals surface area contributed by atoms with Gasteiger partial charge in [-0.3, -0.25) is 0 Å². The lowest BCUT2D eigenvalue weighted by atomic mass is 9.70. The van der Waals surface area contributed by atoms with Crippen LogP contribution in [0, 0.1) is 29.5 Å². The van der Waals surface area contributed by atoms with Crippen LogP contribution in [0.1, 0.15) is 56.0 Å². The molecular formula is C18H23FO2. The number of ether oxygens (including phenoxy) is 1. The highest BCUT2D eigenvalue weighted by Gasteiger charge is 2.62. The van der Waals surface area contributed by atoms with Gasteiger partial charge < -0.3 is 4.74 Å². The molecule has 1 aromatic carbocycles. The first-order valence-corrected chi connectivity index (χ1v) is 7.73. The van der Waals surface area contributed by atoms with Gasteiger partial charge in [0.25, 0.3) is 0 Å². The lowest BCUT2D eigenvalue weighted by molar-refractivity contribution is -0.0243. The van der Waals surface area contributed by atoms with Gasteiger partial charge in [0.1, 0.15) is 11.9 Å². The Kier molecular flexibility index (Phi) is 3.16. The van der Waals surface area contributed by atoms with E-state index >= 15 is 0 Å². The number of esters is 1. The van der Waals surface area contributed by atoms with E-state index in [4.69, 9.17) is 4.74 Å². The predicted molar refractivity (Wildman–Crippen MR) is 79.6 cm³/mol. The summed E-state index contributed by atoms with van der Waals surface area (Å²) in [4.78, 5) is 12.4. The second kappa shape index (κ2) is 4.56. The van der Waals surface area contributed by atoms with E-state index in [1.165, 1.54) is 18.6 Å². The minimum absolute atomic E-state index is 0.0363. The third kappa shape index (κ3) is 2.01. The van der Waals surface area contributed by atoms with E-state index in [-0.39, 0.29) is 22.9 Å². The molecule has 3 unspecified atom stereocenters. The Labute approximate surface area is 125 Å². The number of rotatable bonds is 2. The maximum absolute atomic E-state index is 13.4. The monoisotopic (exact) mass is 290 g/mol. The van der Waals surface area contributed by atoms with Gasteiger partial charge in [0, 0.05) is 5.41 Å². The summed E-state index contributed by atoms with van der Waals surface area (Å²) in [5, 5.41) is 0. The first-order chi connectivity index (χ1) is 9.75. The van der Waals surface area contributed by atoms with Gasteiger partial charge in [0.15, 0.2) is 0 Å². The van der Waals surface area contributed by atoms with Crippen molar-refractivity contribution in [3.63, 3.8) is 0 Å². The second-order valence-corrected chi connectivity index (χ2v) is 7.46. The fraction of sp³-hybridized carbons (Fsp3) is 0.611. The summed E-state index contributed by atoms with van der Waals surface area (Å²) >= 11 is 0. The highest BCUT2D eigenvalue weighted by Crippen LogP contribution is 2.66. The number of carbonyl (C=O) groups excluding carboxylic acids is 1. The first kappa shape index (κ1) is 14.6. The molecule has 0 aromatic heterocycles. The van der Waals surface area contributed by atoms with Crippen molar-refractivity contribution in [3.05, 3.63) is 35.1 Å². The van der Waals surface area contributed by atoms with Crippen molar-refractivity contribution >= 4 is 5.97 Å². The van der Waals surface area contributed by atoms with Gasteiger partial charge in [0.2, 0.25) is 0 Å². The first-order valence-electron chi connectivity index (χ1n) is 7.73. The minimum Gasteiger partial charge on any atom is -0.458 e. The van der Waals surface area contributed by atoms with E-state index in [1.807, 2.05) is 6.92 Å². The van der Waals surface area contributed by atoms with Crippen LogP contribution in [0.2, 0.25) is 0 Å². The zero-order chi connectivity index (χ0) is 15.4. The quantitative estimate of drug-likeness (QED) is 0.749. The molecule has 2 bridgehead atoms. The van der Waals surface area contributed by atoms with E-state index in [0.29, 0.717) is 11.5 Å². The lowest BCUT2D eigenvalue weighted by Crippen LogP contribution is -2.38. The molecule has 3 rings (SSSR count). The zero-order valence-electron chi connectivity index (χ0n) is 13.2. The smallest absolute Gasteiger partial charge is 0.338 e. The third-order valence-electron chi connectivity index (χ3n) is 6.38. The summed E-state index contributed by atoms with van der Waals surface area (Å²) in [6.07, 6.45) is 3.20. The van der Waals surface area contributed by atoms with Crippen LogP contribution in [0.5, 0.6) is 0 Å². The Morgan fingerprint density at radius 2 is 2.05 bits per heavy atom. The zero-order valence-corrected chi connectivity index (χ0v) is 13.2. The van der Waals surface area contributed by atoms with Crippen molar-refractivity contribution < 1.29 is 13.9 Å². The van der Waals surface area contributed by atoms with Crippen LogP contribution in [0.4, 0.5) is 4.39 Å². The van der Waals surface area contributed by atoms with E-state index in [2.05, 4.69) is 20.8 Å². The molecule has 3 atom stereocenters. The molecule has 0 N–H and O–H groups in total. The largest absolute Gasteiger partial charge is 0.458 e. The number of halogens is 1. The molecular weight excluding hydrogens is 267 g/mol. The summed E-state index contributed by atoms with van der Waals surface area (Å²) in [5.41, 5.74) is 1.34. The third-order valence-corrected chi connectivity index (χ3v) is 6.38. The van der Waals surface area contributed by atoms with Crippen molar-refractivity contribution in [2.24, 2.45) is 16.7 Å². The van der Waals surface area contributed by atoms with Crippen LogP contribution < -0.4 is 0 Å². The molecule has 0 spiro atoms. The lowest BCUT2D eigenvalue weighted by Gasteiger charge is -2.38. The van der Waals surface area contributed by atoms with Crippen molar-refractivity contribution in [1.29, 1.82) is 0 Å². The summed E-state index contributed by atoms with van der Waals surface area (Å²) in [6.45, 7) is 8.61. The molecule has 114 valence electrons. The molecule has 2 nitrogen and oxygen atoms in total. The number of hydrogen-bond acceptors (Lipinski definition) is 2. The van der Waals surface area contributed by atoms with E-state index in [0.717, 1.165) is 18.4 Å². The maximum atomic E-state index is 13.4. The van der Waals surface area contributed by atoms with E-state index in [1.54, 1.807) is 6.07 Å². The fourth-order valence-corrected chi connectivity index (χ4v) is 4.32. The highest BCUT2D eigenvalue weighted by atomic mass is 19.1. The summed E-state index contributed by atoms with van der Waals surface area (Å²) in [6, 6.07) is 4.27. The summed E-state index contributed by atoms with van der Waals surface area (Å²) in [5.74, 6) is -0.164. The van der Waals surface area contributed by atoms with Gasteiger partial charge in [-0.05, 0) is 55.2 Å². The number of hydrogen-bond donors (Lipinski definition) is 0. The summed E-state index contributed by atoms with van der Waals surface area (Å²) < 4.78 is 19.2. The Morgan fingerprint density at radius 3 is 2.62 bits per heavy atom. The van der Waals surface area contributed by atoms with Crippen molar-refractivity contribution in [1.82, 2.24) is 0 Å². The fourth-order valence-electron chi connectivity index (χ4n) is 4.32. The average molecular weight is 290 g/mol. The maximum Gasteiger partial charge on any atom is 0.338 e. The van der Waals surface area contributed by atoms with Gasteiger partial charge in [0.05, 0.1) is 5.56 Å². The minimum atomic E-state index is -0.396. The molecule has 2 aliphatic rings. The number of fused-ring (bicyclic) bond motifs is 2. The topological polar surface area (TPSA) is 26.3 Å². The Bertz CT molecular complexity index is 593. The molecule has 2 aliphatic carbocycles. The molecule has 0 aliphatic heterocycles. The standard InChI is InChI=1S/C18H23FO2/c1-11-5-6-13(19)10-14(11)16(20)21-15-9-12-7-8-18(15,4)17(12,2)3/h5-6,10,12,15H,7-9H2,1-4H3. The molecule has 0 amide bonds. The van der Waals surface area contributed by atoms with E-state index < -0.39 is 5.82 Å². The SMILES string of the molecule is Cc1ccc(F)cc1C(=O)OC1CC2CCC1(C)C2(C)C. The average Bonchev–Trinajstić information content (AvgIpc) is 2.74. The van der Waals surface area contributed by atoms with Gasteiger partial charge >= 0.3 is 5.97 Å². The molecule has 21 heavy (non-hydrogen) atoms. The Morgan fingerprint density at radius 1 is 1.33 bits per heavy atom. The van der Waals surface area contributed by atoms with Crippen molar-refractivity contribution in [2.75, 3.05) is 0 Å². The molecule has 0 heterocycles. The van der Waals surface area contributed by atoms with Gasteiger partial charge in [-0.15, -0.1) is 0 Å². The predicted octanol–water partition coefficient (Wildman–Crippen LogP) is 4.51. The second-order valence-electron chi connectivity index (χ2n) is 7.46. The van der Waals surface area contributed by atoms with Crippen LogP contribution in [0.15, 0.2) is 18.2 Å². The number of benzene rings is 1. The number of aryl methyl sites for hydroxylation is 1. The molecule has 2 saturated carbocycles. The van der Waals surface area contributed by atoms with Crippen molar-refractivity contribution in [2.45, 2.75) is 53.1 Å². The van der Waals surface area contributed by atoms with Gasteiger partial charge in [-0.25, -0.2) is 9.18 Å². The van der Waals surface area contributed by atoms with Gasteiger partial charge in [-0.2, -0.15) is 0 Å². The van der Waals surface area contributed by atoms with E-state index in [9.17, 15) is 9.18 Å². The van der Waals surface area contributed by atoms with Crippen molar-refractivity contribution in [3.8, 4) is 0 Å². The molecule has 3 heteroatoms. The van der Waals surface area contributed by atoms with Crippen LogP contribution in [0.3, 0.4) is 0 Å². The Hall–Kier alpha value is -1.38. The highest BCUT2D eigenvalue weighted by molar-refractivity contribution is 5.91. The number of carbonyl (C=O) groups is 1. The Balaban J connectivity index is 1.82. The molecule has 0 radical (unpaired) electrons. The molecule has 0 saturated heterocycles.